The molecule has 9 N–H and O–H groups in total. The quantitative estimate of drug-likeness (QED) is 0.144. The molecule has 24 heteroatoms. The monoisotopic (exact) mass is 566 g/mol. The van der Waals surface area contributed by atoms with Crippen LogP contribution in [0.1, 0.15) is 0 Å². The number of rotatable bonds is 6. The van der Waals surface area contributed by atoms with Gasteiger partial charge < -0.3 is 30.3 Å². The molecule has 2 rings (SSSR count). The maximum atomic E-state index is 12.1. The summed E-state index contributed by atoms with van der Waals surface area (Å²) in [6, 6.07) is 0. The number of nitrogens with zero attached hydrogens (tertiary/aromatic N) is 2. The molecule has 1 aromatic heterocycles. The van der Waals surface area contributed by atoms with Crippen LogP contribution in [0.3, 0.4) is 0 Å². The van der Waals surface area contributed by atoms with Gasteiger partial charge in [-0.1, -0.05) is 0 Å². The van der Waals surface area contributed by atoms with Crippen molar-refractivity contribution < 1.29 is 82.2 Å². The fourth-order valence-corrected chi connectivity index (χ4v) is 8.01. The molecule has 192 valence electrons. The van der Waals surface area contributed by atoms with Gasteiger partial charge in [-0.05, 0) is 0 Å². The van der Waals surface area contributed by atoms with Crippen LogP contribution in [-0.2, 0) is 51.1 Å². The second-order valence-corrected chi connectivity index (χ2v) is 12.6. The van der Waals surface area contributed by atoms with E-state index in [2.05, 4.69) is 9.72 Å². The first kappa shape index (κ1) is 27.9. The molecule has 1 aliphatic heterocycles. The molecule has 2 heterocycles. The fourth-order valence-electron chi connectivity index (χ4n) is 3.10. The van der Waals surface area contributed by atoms with Gasteiger partial charge >= 0.3 is 41.2 Å². The summed E-state index contributed by atoms with van der Waals surface area (Å²) in [5.41, 5.74) is -3.99. The smallest absolute Gasteiger partial charge is 0.317 e. The minimum absolute atomic E-state index is 0.204. The average molecular weight is 566 g/mol. The zero-order chi connectivity index (χ0) is 26.3. The maximum absolute atomic E-state index is 12.1. The molecule has 0 spiro atoms. The van der Waals surface area contributed by atoms with Crippen LogP contribution in [-0.4, -0.2) is 113 Å². The third-order valence-electron chi connectivity index (χ3n) is 4.62. The molecule has 0 aliphatic carbocycles. The van der Waals surface area contributed by atoms with Crippen molar-refractivity contribution in [3.8, 4) is 0 Å². The van der Waals surface area contributed by atoms with Crippen molar-refractivity contribution in [3.63, 3.8) is 0 Å². The molecular weight excluding hydrogens is 552 g/mol. The molecule has 1 aromatic rings. The predicted molar refractivity (Wildman–Crippen MR) is 94.3 cm³/mol. The van der Waals surface area contributed by atoms with Crippen LogP contribution >= 0.6 is 0 Å². The summed E-state index contributed by atoms with van der Waals surface area (Å²) in [5, 5.41) is 52.4. The molecule has 1 aliphatic rings. The van der Waals surface area contributed by atoms with E-state index in [-0.39, 0.29) is 10.9 Å². The summed E-state index contributed by atoms with van der Waals surface area (Å²) in [7, 11) is -27.2. The zero-order valence-electron chi connectivity index (χ0n) is 15.1. The van der Waals surface area contributed by atoms with Gasteiger partial charge in [0.25, 0.3) is 20.0 Å². The van der Waals surface area contributed by atoms with Gasteiger partial charge in [-0.25, -0.2) is 4.98 Å². The minimum atomic E-state index is -7.17. The van der Waals surface area contributed by atoms with Crippen LogP contribution in [0.5, 0.6) is 0 Å². The Morgan fingerprint density at radius 1 is 0.818 bits per heavy atom. The molecule has 20 nitrogen and oxygen atoms in total. The Hall–Kier alpha value is -1.39. The molecule has 0 saturated carbocycles. The summed E-state index contributed by atoms with van der Waals surface area (Å²) in [5.74, 6) is -4.71. The van der Waals surface area contributed by atoms with Crippen molar-refractivity contribution >= 4 is 40.5 Å². The number of hydrogen-bond donors (Lipinski definition) is 9. The zero-order valence-corrected chi connectivity index (χ0v) is 18.4. The van der Waals surface area contributed by atoms with E-state index in [4.69, 9.17) is 4.55 Å². The fraction of sp³-hybridized carbons (Fsp3) is 0.667. The molecule has 6 atom stereocenters. The topological polar surface area (TPSA) is 346 Å². The summed E-state index contributed by atoms with van der Waals surface area (Å²) in [6.45, 7) is 0. The Labute approximate surface area is 183 Å². The highest BCUT2D eigenvalue weighted by Crippen LogP contribution is 2.57. The highest BCUT2D eigenvalue weighted by Gasteiger charge is 2.92. The normalized spacial score (nSPS) is 37.5. The van der Waals surface area contributed by atoms with Gasteiger partial charge in [0.2, 0.25) is 5.44 Å². The number of aromatic nitrogens is 2. The van der Waals surface area contributed by atoms with E-state index in [1.165, 1.54) is 0 Å². The van der Waals surface area contributed by atoms with Gasteiger partial charge in [0.15, 0.2) is 6.10 Å². The highest BCUT2D eigenvalue weighted by molar-refractivity contribution is 7.94. The maximum Gasteiger partial charge on any atom is 0.317 e. The molecule has 0 bridgehead atoms. The number of ether oxygens (including phenoxy) is 1. The largest absolute Gasteiger partial charge is 0.373 e. The summed E-state index contributed by atoms with van der Waals surface area (Å²) >= 11 is 0. The lowest BCUT2D eigenvalue weighted by atomic mass is 9.93. The highest BCUT2D eigenvalue weighted by atomic mass is 32.2. The van der Waals surface area contributed by atoms with Crippen molar-refractivity contribution in [2.45, 2.75) is 32.3 Å². The first-order chi connectivity index (χ1) is 14.4. The number of aliphatic hydroxyl groups is 5. The van der Waals surface area contributed by atoms with Crippen LogP contribution in [0.25, 0.3) is 0 Å². The van der Waals surface area contributed by atoms with Crippen molar-refractivity contribution in [3.05, 3.63) is 18.7 Å². The first-order valence-corrected chi connectivity index (χ1v) is 13.3. The Kier molecular flexibility index (Phi) is 6.17. The van der Waals surface area contributed by atoms with Crippen LogP contribution in [0.2, 0.25) is 0 Å². The van der Waals surface area contributed by atoms with Gasteiger partial charge in [-0.3, -0.25) is 22.8 Å². The molecule has 33 heavy (non-hydrogen) atoms. The van der Waals surface area contributed by atoms with Crippen molar-refractivity contribution in [1.29, 1.82) is 0 Å². The van der Waals surface area contributed by atoms with E-state index in [9.17, 15) is 72.9 Å². The Morgan fingerprint density at radius 2 is 1.27 bits per heavy atom. The third-order valence-corrected chi connectivity index (χ3v) is 9.71. The van der Waals surface area contributed by atoms with E-state index in [1.807, 2.05) is 0 Å². The van der Waals surface area contributed by atoms with E-state index in [0.29, 0.717) is 12.4 Å². The molecule has 0 aromatic carbocycles. The number of hydrogen-bond acceptors (Lipinski definition) is 15. The SMILES string of the molecule is O=S(=O)(O)C(O)[C@H]1O[C@](O)(n2ccnc2)[C@@](O)(S(=O)(=O)O)[C@](O)(S(=O)(=O)O)[C@@]1(O)S(=O)(=O)O. The van der Waals surface area contributed by atoms with E-state index >= 15 is 0 Å². The van der Waals surface area contributed by atoms with Gasteiger partial charge in [-0.2, -0.15) is 33.7 Å². The average Bonchev–Trinajstić information content (AvgIpc) is 3.13. The summed E-state index contributed by atoms with van der Waals surface area (Å²) in [6.07, 6.45) is -2.94. The Morgan fingerprint density at radius 3 is 1.58 bits per heavy atom. The number of imidazole rings is 1. The van der Waals surface area contributed by atoms with E-state index in [1.54, 1.807) is 0 Å². The second-order valence-electron chi connectivity index (χ2n) is 6.43. The summed E-state index contributed by atoms with van der Waals surface area (Å²) < 4.78 is 136. The van der Waals surface area contributed by atoms with E-state index in [0.717, 1.165) is 0 Å². The van der Waals surface area contributed by atoms with Gasteiger partial charge in [0.1, 0.15) is 0 Å². The standard InChI is InChI=1S/C9H14N2O18S4/c12-5(30(17,18)19)4-6(13,31(20,21)22)7(14,32(23,24)25)8(15,33(26,27)28)9(16,29-4)11-2-1-10-3-11/h1-5,12-16H,(H,17,18,19)(H,20,21,22)(H,23,24,25)(H,26,27,28)/t4-,5?,6+,7-,8+,9+/m1/s1. The molecular formula is C9H14N2O18S4. The Balaban J connectivity index is 3.33. The lowest BCUT2D eigenvalue weighted by Gasteiger charge is -2.58. The number of aliphatic hydroxyl groups excluding tert-OH is 1. The Bertz CT molecular complexity index is 1370. The lowest BCUT2D eigenvalue weighted by molar-refractivity contribution is -0.424. The molecule has 1 saturated heterocycles. The predicted octanol–water partition coefficient (Wildman–Crippen LogP) is -6.18. The van der Waals surface area contributed by atoms with Crippen LogP contribution in [0, 0.1) is 0 Å². The van der Waals surface area contributed by atoms with Crippen LogP contribution in [0.15, 0.2) is 18.7 Å². The summed E-state index contributed by atoms with van der Waals surface area (Å²) in [4.78, 5) is -14.0. The lowest BCUT2D eigenvalue weighted by Crippen LogP contribution is -2.90. The molecule has 1 fully saturated rings. The molecule has 0 amide bonds. The second kappa shape index (κ2) is 7.31. The van der Waals surface area contributed by atoms with Crippen LogP contribution < -0.4 is 0 Å². The van der Waals surface area contributed by atoms with Gasteiger partial charge in [0.05, 0.1) is 6.33 Å². The van der Waals surface area contributed by atoms with Crippen LogP contribution in [0.4, 0.5) is 0 Å². The minimum Gasteiger partial charge on any atom is -0.373 e. The van der Waals surface area contributed by atoms with Crippen molar-refractivity contribution in [2.75, 3.05) is 0 Å². The third kappa shape index (κ3) is 3.34. The van der Waals surface area contributed by atoms with Gasteiger partial charge in [-0.15, -0.1) is 0 Å². The molecule has 0 radical (unpaired) electrons. The van der Waals surface area contributed by atoms with Crippen molar-refractivity contribution in [1.82, 2.24) is 9.55 Å². The van der Waals surface area contributed by atoms with Crippen molar-refractivity contribution in [2.24, 2.45) is 0 Å². The first-order valence-electron chi connectivity index (χ1n) is 7.47. The van der Waals surface area contributed by atoms with Gasteiger partial charge in [0, 0.05) is 12.4 Å². The molecule has 1 unspecified atom stereocenters. The van der Waals surface area contributed by atoms with E-state index < -0.39 is 72.7 Å².